The largest absolute Gasteiger partial charge is 0.495 e. The SMILES string of the molecule is COc1ccccc1NC(=O)c1ccc2c(c1)CCN2S(=O)(=O)c1ccc(Br)cc1. The van der Waals surface area contributed by atoms with E-state index in [0.717, 1.165) is 10.0 Å². The van der Waals surface area contributed by atoms with Crippen LogP contribution >= 0.6 is 15.9 Å². The van der Waals surface area contributed by atoms with Gasteiger partial charge in [0.05, 0.1) is 23.4 Å². The van der Waals surface area contributed by atoms with Crippen molar-refractivity contribution < 1.29 is 17.9 Å². The number of fused-ring (bicyclic) bond motifs is 1. The minimum absolute atomic E-state index is 0.233. The number of hydrogen-bond acceptors (Lipinski definition) is 4. The van der Waals surface area contributed by atoms with Crippen molar-refractivity contribution in [2.45, 2.75) is 11.3 Å². The number of methoxy groups -OCH3 is 1. The number of halogens is 1. The summed E-state index contributed by atoms with van der Waals surface area (Å²) in [7, 11) is -2.12. The van der Waals surface area contributed by atoms with Gasteiger partial charge in [-0.3, -0.25) is 9.10 Å². The maximum absolute atomic E-state index is 13.1. The number of carbonyl (C=O) groups is 1. The van der Waals surface area contributed by atoms with Crippen LogP contribution < -0.4 is 14.4 Å². The molecule has 1 amide bonds. The van der Waals surface area contributed by atoms with Gasteiger partial charge in [-0.25, -0.2) is 8.42 Å². The van der Waals surface area contributed by atoms with Crippen molar-refractivity contribution in [1.29, 1.82) is 0 Å². The fourth-order valence-corrected chi connectivity index (χ4v) is 5.21. The molecule has 154 valence electrons. The first-order chi connectivity index (χ1) is 14.4. The van der Waals surface area contributed by atoms with Crippen molar-refractivity contribution >= 4 is 43.2 Å². The van der Waals surface area contributed by atoms with Crippen molar-refractivity contribution in [2.24, 2.45) is 0 Å². The fraction of sp³-hybridized carbons (Fsp3) is 0.136. The van der Waals surface area contributed by atoms with Crippen LogP contribution in [0.5, 0.6) is 5.75 Å². The van der Waals surface area contributed by atoms with Gasteiger partial charge in [-0.2, -0.15) is 0 Å². The summed E-state index contributed by atoms with van der Waals surface area (Å²) < 4.78 is 33.6. The highest BCUT2D eigenvalue weighted by atomic mass is 79.9. The van der Waals surface area contributed by atoms with Crippen LogP contribution in [0.15, 0.2) is 76.1 Å². The second-order valence-corrected chi connectivity index (χ2v) is 9.56. The highest BCUT2D eigenvalue weighted by Crippen LogP contribution is 2.34. The average Bonchev–Trinajstić information content (AvgIpc) is 3.18. The first-order valence-electron chi connectivity index (χ1n) is 9.26. The fourth-order valence-electron chi connectivity index (χ4n) is 3.44. The summed E-state index contributed by atoms with van der Waals surface area (Å²) >= 11 is 3.32. The minimum atomic E-state index is -3.66. The van der Waals surface area contributed by atoms with Crippen molar-refractivity contribution in [3.05, 3.63) is 82.3 Å². The van der Waals surface area contributed by atoms with Crippen LogP contribution in [0.2, 0.25) is 0 Å². The van der Waals surface area contributed by atoms with Crippen LogP contribution in [0.3, 0.4) is 0 Å². The number of amides is 1. The van der Waals surface area contributed by atoms with Gasteiger partial charge in [0, 0.05) is 16.6 Å². The molecule has 0 saturated carbocycles. The second-order valence-electron chi connectivity index (χ2n) is 6.78. The minimum Gasteiger partial charge on any atom is -0.495 e. The molecule has 0 atom stereocenters. The standard InChI is InChI=1S/C22H19BrN2O4S/c1-29-21-5-3-2-4-19(21)24-22(26)16-6-11-20-15(14-16)12-13-25(20)30(27,28)18-9-7-17(23)8-10-18/h2-11,14H,12-13H2,1H3,(H,24,26). The molecule has 1 heterocycles. The number of carbonyl (C=O) groups excluding carboxylic acids is 1. The smallest absolute Gasteiger partial charge is 0.264 e. The van der Waals surface area contributed by atoms with Crippen molar-refractivity contribution in [1.82, 2.24) is 0 Å². The van der Waals surface area contributed by atoms with E-state index in [1.54, 1.807) is 61.7 Å². The molecule has 1 aliphatic heterocycles. The third kappa shape index (κ3) is 3.80. The first-order valence-corrected chi connectivity index (χ1v) is 11.5. The number of nitrogens with one attached hydrogen (secondary N) is 1. The maximum Gasteiger partial charge on any atom is 0.264 e. The third-order valence-electron chi connectivity index (χ3n) is 4.95. The number of benzene rings is 3. The summed E-state index contributed by atoms with van der Waals surface area (Å²) in [5.41, 5.74) is 2.46. The van der Waals surface area contributed by atoms with Crippen molar-refractivity contribution in [3.8, 4) is 5.75 Å². The molecule has 3 aromatic carbocycles. The Morgan fingerprint density at radius 1 is 1.07 bits per heavy atom. The van der Waals surface area contributed by atoms with E-state index in [1.165, 1.54) is 4.31 Å². The number of rotatable bonds is 5. The molecule has 0 fully saturated rings. The van der Waals surface area contributed by atoms with E-state index < -0.39 is 10.0 Å². The summed E-state index contributed by atoms with van der Waals surface area (Å²) in [5.74, 6) is 0.287. The number of ether oxygens (including phenoxy) is 1. The van der Waals surface area contributed by atoms with E-state index in [2.05, 4.69) is 21.2 Å². The zero-order valence-corrected chi connectivity index (χ0v) is 18.5. The van der Waals surface area contributed by atoms with Gasteiger partial charge in [0.1, 0.15) is 5.75 Å². The summed E-state index contributed by atoms with van der Waals surface area (Å²) in [5, 5.41) is 2.84. The molecule has 1 N–H and O–H groups in total. The number of para-hydroxylation sites is 2. The van der Waals surface area contributed by atoms with Crippen LogP contribution in [0.1, 0.15) is 15.9 Å². The zero-order valence-electron chi connectivity index (χ0n) is 16.1. The molecule has 6 nitrogen and oxygen atoms in total. The van der Waals surface area contributed by atoms with Gasteiger partial charge in [-0.05, 0) is 66.6 Å². The summed E-state index contributed by atoms with van der Waals surface area (Å²) in [6, 6.07) is 18.8. The van der Waals surface area contributed by atoms with Crippen molar-refractivity contribution in [3.63, 3.8) is 0 Å². The first kappa shape index (κ1) is 20.4. The van der Waals surface area contributed by atoms with Gasteiger partial charge in [0.2, 0.25) is 0 Å². The molecule has 8 heteroatoms. The lowest BCUT2D eigenvalue weighted by molar-refractivity contribution is 0.102. The Bertz CT molecular complexity index is 1210. The second kappa shape index (κ2) is 8.12. The van der Waals surface area contributed by atoms with Crippen LogP contribution in [0, 0.1) is 0 Å². The molecule has 0 radical (unpaired) electrons. The lowest BCUT2D eigenvalue weighted by atomic mass is 10.1. The molecule has 0 bridgehead atoms. The van der Waals surface area contributed by atoms with Crippen LogP contribution in [0.25, 0.3) is 0 Å². The van der Waals surface area contributed by atoms with Crippen molar-refractivity contribution in [2.75, 3.05) is 23.3 Å². The molecule has 0 saturated heterocycles. The van der Waals surface area contributed by atoms with Gasteiger partial charge in [-0.15, -0.1) is 0 Å². The third-order valence-corrected chi connectivity index (χ3v) is 7.31. The van der Waals surface area contributed by atoms with Crippen LogP contribution in [-0.4, -0.2) is 28.0 Å². The lowest BCUT2D eigenvalue weighted by Crippen LogP contribution is -2.29. The van der Waals surface area contributed by atoms with Gasteiger partial charge >= 0.3 is 0 Å². The highest BCUT2D eigenvalue weighted by molar-refractivity contribution is 9.10. The molecule has 0 spiro atoms. The zero-order chi connectivity index (χ0) is 21.3. The van der Waals surface area contributed by atoms with E-state index in [-0.39, 0.29) is 10.8 Å². The molecule has 3 aromatic rings. The normalized spacial score (nSPS) is 13.1. The Kier molecular flexibility index (Phi) is 5.53. The highest BCUT2D eigenvalue weighted by Gasteiger charge is 2.31. The Balaban J connectivity index is 1.59. The Morgan fingerprint density at radius 2 is 1.80 bits per heavy atom. The lowest BCUT2D eigenvalue weighted by Gasteiger charge is -2.20. The van der Waals surface area contributed by atoms with E-state index in [0.29, 0.717) is 35.7 Å². The molecular formula is C22H19BrN2O4S. The summed E-state index contributed by atoms with van der Waals surface area (Å²) in [6.45, 7) is 0.339. The van der Waals surface area contributed by atoms with E-state index in [9.17, 15) is 13.2 Å². The van der Waals surface area contributed by atoms with Crippen LogP contribution in [0.4, 0.5) is 11.4 Å². The number of nitrogens with zero attached hydrogens (tertiary/aromatic N) is 1. The maximum atomic E-state index is 13.1. The summed E-state index contributed by atoms with van der Waals surface area (Å²) in [6.07, 6.45) is 0.543. The molecular weight excluding hydrogens is 468 g/mol. The predicted molar refractivity (Wildman–Crippen MR) is 120 cm³/mol. The van der Waals surface area contributed by atoms with Gasteiger partial charge in [0.15, 0.2) is 0 Å². The molecule has 0 aliphatic carbocycles. The monoisotopic (exact) mass is 486 g/mol. The summed E-state index contributed by atoms with van der Waals surface area (Å²) in [4.78, 5) is 12.9. The van der Waals surface area contributed by atoms with E-state index in [1.807, 2.05) is 12.1 Å². The van der Waals surface area contributed by atoms with Gasteiger partial charge in [0.25, 0.3) is 15.9 Å². The van der Waals surface area contributed by atoms with E-state index >= 15 is 0 Å². The Labute approximate surface area is 183 Å². The topological polar surface area (TPSA) is 75.7 Å². The average molecular weight is 487 g/mol. The molecule has 0 unspecified atom stereocenters. The number of sulfonamides is 1. The Morgan fingerprint density at radius 3 is 2.53 bits per heavy atom. The van der Waals surface area contributed by atoms with E-state index in [4.69, 9.17) is 4.74 Å². The molecule has 4 rings (SSSR count). The quantitative estimate of drug-likeness (QED) is 0.577. The number of hydrogen-bond donors (Lipinski definition) is 1. The number of anilines is 2. The van der Waals surface area contributed by atoms with Gasteiger partial charge in [-0.1, -0.05) is 28.1 Å². The molecule has 0 aromatic heterocycles. The molecule has 30 heavy (non-hydrogen) atoms. The molecule has 1 aliphatic rings. The predicted octanol–water partition coefficient (Wildman–Crippen LogP) is 4.46. The van der Waals surface area contributed by atoms with Gasteiger partial charge < -0.3 is 10.1 Å². The van der Waals surface area contributed by atoms with Crippen LogP contribution in [-0.2, 0) is 16.4 Å². The Hall–Kier alpha value is -2.84.